The zero-order valence-corrected chi connectivity index (χ0v) is 8.41. The number of nitriles is 1. The van der Waals surface area contributed by atoms with Crippen LogP contribution in [0.4, 0.5) is 0 Å². The van der Waals surface area contributed by atoms with E-state index in [0.717, 1.165) is 12.8 Å². The largest absolute Gasteiger partial charge is 0.198 e. The van der Waals surface area contributed by atoms with Crippen LogP contribution in [0.25, 0.3) is 0 Å². The highest BCUT2D eigenvalue weighted by Gasteiger charge is 2.07. The molecule has 0 spiro atoms. The summed E-state index contributed by atoms with van der Waals surface area (Å²) in [4.78, 5) is 0. The topological polar surface area (TPSA) is 23.8 Å². The summed E-state index contributed by atoms with van der Waals surface area (Å²) >= 11 is 2.08. The third kappa shape index (κ3) is 4.01. The van der Waals surface area contributed by atoms with Crippen LogP contribution in [0.2, 0.25) is 0 Å². The average molecular weight is 183 g/mol. The molecule has 1 nitrogen and oxygen atoms in total. The lowest BCUT2D eigenvalue weighted by molar-refractivity contribution is 0.506. The van der Waals surface area contributed by atoms with Crippen molar-refractivity contribution >= 4 is 11.8 Å². The van der Waals surface area contributed by atoms with Crippen LogP contribution in [0.15, 0.2) is 0 Å². The fraction of sp³-hybridized carbons (Fsp3) is 0.900. The van der Waals surface area contributed by atoms with E-state index in [0.29, 0.717) is 5.92 Å². The van der Waals surface area contributed by atoms with Gasteiger partial charge in [0.15, 0.2) is 0 Å². The number of hydrogen-bond acceptors (Lipinski definition) is 2. The molecule has 0 unspecified atom stereocenters. The van der Waals surface area contributed by atoms with Gasteiger partial charge in [-0.25, -0.2) is 0 Å². The zero-order valence-electron chi connectivity index (χ0n) is 7.59. The quantitative estimate of drug-likeness (QED) is 0.576. The van der Waals surface area contributed by atoms with Crippen molar-refractivity contribution in [2.45, 2.75) is 38.5 Å². The molecule has 1 saturated heterocycles. The van der Waals surface area contributed by atoms with E-state index in [-0.39, 0.29) is 0 Å². The molecule has 1 aliphatic rings. The van der Waals surface area contributed by atoms with Crippen LogP contribution in [-0.2, 0) is 0 Å². The van der Waals surface area contributed by atoms with Gasteiger partial charge in [0.2, 0.25) is 0 Å². The SMILES string of the molecule is N#CC1CCCCSCCCC1. The van der Waals surface area contributed by atoms with Gasteiger partial charge >= 0.3 is 0 Å². The summed E-state index contributed by atoms with van der Waals surface area (Å²) in [6, 6.07) is 2.41. The first-order valence-electron chi connectivity index (χ1n) is 4.91. The molecular weight excluding hydrogens is 166 g/mol. The Hall–Kier alpha value is -0.160. The minimum atomic E-state index is 0.355. The molecule has 12 heavy (non-hydrogen) atoms. The molecule has 0 atom stereocenters. The van der Waals surface area contributed by atoms with Crippen LogP contribution in [0, 0.1) is 17.2 Å². The van der Waals surface area contributed by atoms with E-state index < -0.39 is 0 Å². The summed E-state index contributed by atoms with van der Waals surface area (Å²) in [6.45, 7) is 0. The van der Waals surface area contributed by atoms with Gasteiger partial charge in [-0.2, -0.15) is 17.0 Å². The molecular formula is C10H17NS. The van der Waals surface area contributed by atoms with Crippen molar-refractivity contribution in [1.29, 1.82) is 5.26 Å². The summed E-state index contributed by atoms with van der Waals surface area (Å²) in [7, 11) is 0. The van der Waals surface area contributed by atoms with Gasteiger partial charge in [0.25, 0.3) is 0 Å². The van der Waals surface area contributed by atoms with E-state index in [1.165, 1.54) is 37.2 Å². The average Bonchev–Trinajstić information content (AvgIpc) is 2.14. The zero-order chi connectivity index (χ0) is 8.65. The second kappa shape index (κ2) is 6.37. The van der Waals surface area contributed by atoms with Gasteiger partial charge in [-0.15, -0.1) is 0 Å². The van der Waals surface area contributed by atoms with Crippen LogP contribution in [0.5, 0.6) is 0 Å². The highest BCUT2D eigenvalue weighted by atomic mass is 32.2. The van der Waals surface area contributed by atoms with Crippen molar-refractivity contribution in [3.63, 3.8) is 0 Å². The van der Waals surface area contributed by atoms with Crippen molar-refractivity contribution in [3.05, 3.63) is 0 Å². The molecule has 0 bridgehead atoms. The van der Waals surface area contributed by atoms with Crippen molar-refractivity contribution in [1.82, 2.24) is 0 Å². The van der Waals surface area contributed by atoms with Crippen LogP contribution in [0.1, 0.15) is 38.5 Å². The smallest absolute Gasteiger partial charge is 0.0655 e. The van der Waals surface area contributed by atoms with Crippen LogP contribution >= 0.6 is 11.8 Å². The molecule has 1 fully saturated rings. The monoisotopic (exact) mass is 183 g/mol. The Kier molecular flexibility index (Phi) is 5.27. The van der Waals surface area contributed by atoms with E-state index in [4.69, 9.17) is 5.26 Å². The second-order valence-electron chi connectivity index (χ2n) is 3.43. The summed E-state index contributed by atoms with van der Waals surface area (Å²) in [6.07, 6.45) is 7.40. The third-order valence-corrected chi connectivity index (χ3v) is 3.52. The lowest BCUT2D eigenvalue weighted by Crippen LogP contribution is -2.00. The van der Waals surface area contributed by atoms with Gasteiger partial charge < -0.3 is 0 Å². The first-order valence-corrected chi connectivity index (χ1v) is 6.06. The molecule has 0 amide bonds. The van der Waals surface area contributed by atoms with Crippen LogP contribution < -0.4 is 0 Å². The summed E-state index contributed by atoms with van der Waals surface area (Å²) in [5, 5.41) is 8.81. The lowest BCUT2D eigenvalue weighted by atomic mass is 9.98. The van der Waals surface area contributed by atoms with Gasteiger partial charge in [-0.3, -0.25) is 0 Å². The molecule has 2 heteroatoms. The van der Waals surface area contributed by atoms with Crippen molar-refractivity contribution < 1.29 is 0 Å². The maximum atomic E-state index is 8.81. The molecule has 68 valence electrons. The Morgan fingerprint density at radius 3 is 2.08 bits per heavy atom. The Bertz CT molecular complexity index is 140. The fourth-order valence-corrected chi connectivity index (χ4v) is 2.59. The predicted molar refractivity (Wildman–Crippen MR) is 54.1 cm³/mol. The lowest BCUT2D eigenvalue weighted by Gasteiger charge is -2.10. The minimum Gasteiger partial charge on any atom is -0.198 e. The van der Waals surface area contributed by atoms with E-state index in [2.05, 4.69) is 17.8 Å². The van der Waals surface area contributed by atoms with Gasteiger partial charge in [-0.1, -0.05) is 12.8 Å². The third-order valence-electron chi connectivity index (χ3n) is 2.37. The molecule has 0 radical (unpaired) electrons. The number of hydrogen-bond donors (Lipinski definition) is 0. The normalized spacial score (nSPS) is 22.9. The van der Waals surface area contributed by atoms with Crippen LogP contribution in [0.3, 0.4) is 0 Å². The fourth-order valence-electron chi connectivity index (χ4n) is 1.57. The molecule has 0 aromatic heterocycles. The molecule has 1 heterocycles. The minimum absolute atomic E-state index is 0.355. The molecule has 1 rings (SSSR count). The van der Waals surface area contributed by atoms with Crippen LogP contribution in [-0.4, -0.2) is 11.5 Å². The second-order valence-corrected chi connectivity index (χ2v) is 4.65. The molecule has 1 aliphatic heterocycles. The molecule has 0 aromatic carbocycles. The first-order chi connectivity index (χ1) is 5.93. The highest BCUT2D eigenvalue weighted by Crippen LogP contribution is 2.20. The van der Waals surface area contributed by atoms with Gasteiger partial charge in [0, 0.05) is 5.92 Å². The number of rotatable bonds is 0. The maximum Gasteiger partial charge on any atom is 0.0655 e. The molecule has 0 aromatic rings. The Balaban J connectivity index is 2.23. The van der Waals surface area contributed by atoms with E-state index >= 15 is 0 Å². The van der Waals surface area contributed by atoms with Crippen molar-refractivity contribution in [2.75, 3.05) is 11.5 Å². The van der Waals surface area contributed by atoms with Gasteiger partial charge in [0.1, 0.15) is 0 Å². The van der Waals surface area contributed by atoms with E-state index in [1.807, 2.05) is 0 Å². The Morgan fingerprint density at radius 1 is 1.00 bits per heavy atom. The maximum absolute atomic E-state index is 8.81. The standard InChI is InChI=1S/C10H17NS/c11-9-10-5-1-3-7-12-8-4-2-6-10/h10H,1-8H2. The first kappa shape index (κ1) is 9.92. The van der Waals surface area contributed by atoms with E-state index in [1.54, 1.807) is 0 Å². The molecule has 0 aliphatic carbocycles. The predicted octanol–water partition coefficient (Wildman–Crippen LogP) is 3.21. The summed E-state index contributed by atoms with van der Waals surface area (Å²) < 4.78 is 0. The molecule has 0 N–H and O–H groups in total. The van der Waals surface area contributed by atoms with Crippen molar-refractivity contribution in [3.8, 4) is 6.07 Å². The van der Waals surface area contributed by atoms with E-state index in [9.17, 15) is 0 Å². The Labute approximate surface area is 79.5 Å². The van der Waals surface area contributed by atoms with Gasteiger partial charge in [-0.05, 0) is 37.2 Å². The number of nitrogens with zero attached hydrogens (tertiary/aromatic N) is 1. The number of thioether (sulfide) groups is 1. The summed E-state index contributed by atoms with van der Waals surface area (Å²) in [5.41, 5.74) is 0. The van der Waals surface area contributed by atoms with Crippen molar-refractivity contribution in [2.24, 2.45) is 5.92 Å². The summed E-state index contributed by atoms with van der Waals surface area (Å²) in [5.74, 6) is 2.96. The Morgan fingerprint density at radius 2 is 1.58 bits per heavy atom. The molecule has 0 saturated carbocycles. The van der Waals surface area contributed by atoms with Gasteiger partial charge in [0.05, 0.1) is 6.07 Å². The highest BCUT2D eigenvalue weighted by molar-refractivity contribution is 7.99.